The van der Waals surface area contributed by atoms with Crippen molar-refractivity contribution in [2.45, 2.75) is 6.92 Å². The van der Waals surface area contributed by atoms with Gasteiger partial charge in [-0.15, -0.1) is 0 Å². The quantitative estimate of drug-likeness (QED) is 0.807. The van der Waals surface area contributed by atoms with E-state index in [9.17, 15) is 0 Å². The SMILES string of the molecule is Cc1cccc(N(C)c2ncc(Cl)cc2Br)c1. The van der Waals surface area contributed by atoms with Gasteiger partial charge in [-0.05, 0) is 46.6 Å². The standard InChI is InChI=1S/C13H12BrClN2/c1-9-4-3-5-11(6-9)17(2)13-12(14)7-10(15)8-16-13/h3-8H,1-2H3. The van der Waals surface area contributed by atoms with Gasteiger partial charge in [0.15, 0.2) is 0 Å². The van der Waals surface area contributed by atoms with Crippen molar-refractivity contribution in [1.29, 1.82) is 0 Å². The van der Waals surface area contributed by atoms with Crippen molar-refractivity contribution in [3.8, 4) is 0 Å². The molecular formula is C13H12BrClN2. The van der Waals surface area contributed by atoms with Crippen LogP contribution in [0.2, 0.25) is 5.02 Å². The lowest BCUT2D eigenvalue weighted by atomic mass is 10.2. The lowest BCUT2D eigenvalue weighted by Crippen LogP contribution is -2.11. The normalized spacial score (nSPS) is 10.4. The fraction of sp³-hybridized carbons (Fsp3) is 0.154. The number of nitrogens with zero attached hydrogens (tertiary/aromatic N) is 2. The number of halogens is 2. The molecule has 88 valence electrons. The zero-order chi connectivity index (χ0) is 12.4. The predicted molar refractivity (Wildman–Crippen MR) is 76.2 cm³/mol. The van der Waals surface area contributed by atoms with Crippen molar-refractivity contribution in [3.05, 3.63) is 51.6 Å². The first-order valence-corrected chi connectivity index (χ1v) is 6.36. The third-order valence-electron chi connectivity index (χ3n) is 2.50. The van der Waals surface area contributed by atoms with E-state index in [4.69, 9.17) is 11.6 Å². The van der Waals surface area contributed by atoms with Gasteiger partial charge in [0.2, 0.25) is 0 Å². The third-order valence-corrected chi connectivity index (χ3v) is 3.29. The Kier molecular flexibility index (Phi) is 3.69. The Hall–Kier alpha value is -1.06. The van der Waals surface area contributed by atoms with E-state index >= 15 is 0 Å². The molecule has 0 N–H and O–H groups in total. The second kappa shape index (κ2) is 5.07. The highest BCUT2D eigenvalue weighted by Crippen LogP contribution is 2.30. The van der Waals surface area contributed by atoms with Crippen LogP contribution in [0.5, 0.6) is 0 Å². The Morgan fingerprint density at radius 2 is 2.06 bits per heavy atom. The van der Waals surface area contributed by atoms with Crippen LogP contribution in [0.25, 0.3) is 0 Å². The molecule has 0 aliphatic rings. The van der Waals surface area contributed by atoms with Gasteiger partial charge in [0, 0.05) is 18.9 Å². The Bertz CT molecular complexity index is 543. The van der Waals surface area contributed by atoms with Crippen LogP contribution in [0.4, 0.5) is 11.5 Å². The number of rotatable bonds is 2. The summed E-state index contributed by atoms with van der Waals surface area (Å²) in [6, 6.07) is 10.1. The van der Waals surface area contributed by atoms with Crippen LogP contribution in [-0.4, -0.2) is 12.0 Å². The van der Waals surface area contributed by atoms with E-state index < -0.39 is 0 Å². The molecule has 0 unspecified atom stereocenters. The predicted octanol–water partition coefficient (Wildman–Crippen LogP) is 4.57. The summed E-state index contributed by atoms with van der Waals surface area (Å²) in [7, 11) is 1.98. The van der Waals surface area contributed by atoms with E-state index in [0.29, 0.717) is 5.02 Å². The molecule has 1 aromatic heterocycles. The largest absolute Gasteiger partial charge is 0.329 e. The van der Waals surface area contributed by atoms with E-state index in [0.717, 1.165) is 16.0 Å². The number of hydrogen-bond donors (Lipinski definition) is 0. The summed E-state index contributed by atoms with van der Waals surface area (Å²) in [6.07, 6.45) is 1.65. The Morgan fingerprint density at radius 1 is 1.29 bits per heavy atom. The smallest absolute Gasteiger partial charge is 0.147 e. The molecule has 0 saturated carbocycles. The van der Waals surface area contributed by atoms with Gasteiger partial charge < -0.3 is 4.90 Å². The molecular weight excluding hydrogens is 300 g/mol. The van der Waals surface area contributed by atoms with Crippen LogP contribution in [0.3, 0.4) is 0 Å². The molecule has 4 heteroatoms. The van der Waals surface area contributed by atoms with Crippen LogP contribution >= 0.6 is 27.5 Å². The second-order valence-electron chi connectivity index (χ2n) is 3.86. The highest BCUT2D eigenvalue weighted by Gasteiger charge is 2.09. The maximum absolute atomic E-state index is 5.88. The van der Waals surface area contributed by atoms with Gasteiger partial charge in [-0.1, -0.05) is 23.7 Å². The van der Waals surface area contributed by atoms with Crippen LogP contribution in [0, 0.1) is 6.92 Å². The monoisotopic (exact) mass is 310 g/mol. The van der Waals surface area contributed by atoms with Gasteiger partial charge in [-0.3, -0.25) is 0 Å². The van der Waals surface area contributed by atoms with E-state index in [-0.39, 0.29) is 0 Å². The maximum atomic E-state index is 5.88. The molecule has 0 bridgehead atoms. The average molecular weight is 312 g/mol. The van der Waals surface area contributed by atoms with E-state index in [1.54, 1.807) is 6.20 Å². The molecule has 0 saturated heterocycles. The Balaban J connectivity index is 2.40. The number of anilines is 2. The molecule has 2 rings (SSSR count). The van der Waals surface area contributed by atoms with Crippen molar-refractivity contribution in [2.24, 2.45) is 0 Å². The first-order chi connectivity index (χ1) is 8.08. The highest BCUT2D eigenvalue weighted by atomic mass is 79.9. The summed E-state index contributed by atoms with van der Waals surface area (Å²) < 4.78 is 0.883. The van der Waals surface area contributed by atoms with Crippen molar-refractivity contribution in [3.63, 3.8) is 0 Å². The Morgan fingerprint density at radius 3 is 2.71 bits per heavy atom. The van der Waals surface area contributed by atoms with E-state index in [1.807, 2.05) is 24.1 Å². The van der Waals surface area contributed by atoms with E-state index in [2.05, 4.69) is 46.0 Å². The summed E-state index contributed by atoms with van der Waals surface area (Å²) in [5.74, 6) is 0.847. The van der Waals surface area contributed by atoms with Crippen molar-refractivity contribution >= 4 is 39.0 Å². The molecule has 1 heterocycles. The molecule has 0 fully saturated rings. The van der Waals surface area contributed by atoms with Gasteiger partial charge >= 0.3 is 0 Å². The number of benzene rings is 1. The minimum Gasteiger partial charge on any atom is -0.329 e. The van der Waals surface area contributed by atoms with E-state index in [1.165, 1.54) is 5.56 Å². The van der Waals surface area contributed by atoms with Crippen molar-refractivity contribution in [2.75, 3.05) is 11.9 Å². The van der Waals surface area contributed by atoms with Crippen LogP contribution < -0.4 is 4.90 Å². The molecule has 1 aromatic carbocycles. The molecule has 0 amide bonds. The molecule has 0 aliphatic heterocycles. The fourth-order valence-electron chi connectivity index (χ4n) is 1.61. The number of pyridine rings is 1. The maximum Gasteiger partial charge on any atom is 0.147 e. The highest BCUT2D eigenvalue weighted by molar-refractivity contribution is 9.10. The summed E-state index contributed by atoms with van der Waals surface area (Å²) in [5, 5.41) is 0.623. The zero-order valence-corrected chi connectivity index (χ0v) is 12.0. The first-order valence-electron chi connectivity index (χ1n) is 5.19. The van der Waals surface area contributed by atoms with Gasteiger partial charge in [0.05, 0.1) is 9.50 Å². The third kappa shape index (κ3) is 2.79. The van der Waals surface area contributed by atoms with Gasteiger partial charge in [0.1, 0.15) is 5.82 Å². The molecule has 17 heavy (non-hydrogen) atoms. The van der Waals surface area contributed by atoms with Gasteiger partial charge in [-0.25, -0.2) is 4.98 Å². The fourth-order valence-corrected chi connectivity index (χ4v) is 2.52. The van der Waals surface area contributed by atoms with Gasteiger partial charge in [-0.2, -0.15) is 0 Å². The van der Waals surface area contributed by atoms with Crippen molar-refractivity contribution in [1.82, 2.24) is 4.98 Å². The Labute approximate surface area is 114 Å². The molecule has 2 nitrogen and oxygen atoms in total. The number of aromatic nitrogens is 1. The summed E-state index contributed by atoms with van der Waals surface area (Å²) >= 11 is 9.36. The average Bonchev–Trinajstić information content (AvgIpc) is 2.28. The van der Waals surface area contributed by atoms with Crippen LogP contribution in [0.1, 0.15) is 5.56 Å². The lowest BCUT2D eigenvalue weighted by Gasteiger charge is -2.20. The number of hydrogen-bond acceptors (Lipinski definition) is 2. The van der Waals surface area contributed by atoms with Crippen LogP contribution in [-0.2, 0) is 0 Å². The summed E-state index contributed by atoms with van der Waals surface area (Å²) in [4.78, 5) is 6.35. The van der Waals surface area contributed by atoms with Gasteiger partial charge in [0.25, 0.3) is 0 Å². The van der Waals surface area contributed by atoms with Crippen molar-refractivity contribution < 1.29 is 0 Å². The molecule has 0 spiro atoms. The molecule has 2 aromatic rings. The molecule has 0 radical (unpaired) electrons. The first kappa shape index (κ1) is 12.4. The lowest BCUT2D eigenvalue weighted by molar-refractivity contribution is 1.11. The topological polar surface area (TPSA) is 16.1 Å². The molecule has 0 aliphatic carbocycles. The molecule has 0 atom stereocenters. The summed E-state index contributed by atoms with van der Waals surface area (Å²) in [6.45, 7) is 2.07. The summed E-state index contributed by atoms with van der Waals surface area (Å²) in [5.41, 5.74) is 2.32. The zero-order valence-electron chi connectivity index (χ0n) is 9.61. The minimum atomic E-state index is 0.623. The number of aryl methyl sites for hydroxylation is 1. The minimum absolute atomic E-state index is 0.623. The van der Waals surface area contributed by atoms with Crippen LogP contribution in [0.15, 0.2) is 41.0 Å². The second-order valence-corrected chi connectivity index (χ2v) is 5.15.